The lowest BCUT2D eigenvalue weighted by Gasteiger charge is -2.18. The van der Waals surface area contributed by atoms with Crippen LogP contribution in [0.5, 0.6) is 0 Å². The zero-order valence-electron chi connectivity index (χ0n) is 14.2. The minimum Gasteiger partial charge on any atom is -0.346 e. The highest BCUT2D eigenvalue weighted by molar-refractivity contribution is 9.10. The molecule has 0 heterocycles. The number of halogens is 1. The van der Waals surface area contributed by atoms with Gasteiger partial charge in [-0.3, -0.25) is 9.59 Å². The Bertz CT molecular complexity index is 573. The fourth-order valence-electron chi connectivity index (χ4n) is 2.06. The molecule has 1 rings (SSSR count). The lowest BCUT2D eigenvalue weighted by Crippen LogP contribution is -2.42. The molecule has 132 valence electrons. The Morgan fingerprint density at radius 1 is 1.12 bits per heavy atom. The summed E-state index contributed by atoms with van der Waals surface area (Å²) < 4.78 is 0.923. The van der Waals surface area contributed by atoms with Gasteiger partial charge in [0.15, 0.2) is 5.78 Å². The van der Waals surface area contributed by atoms with Gasteiger partial charge in [0.1, 0.15) is 0 Å². The molecule has 3 amide bonds. The molecule has 0 aliphatic carbocycles. The molecule has 7 heteroatoms. The molecule has 0 fully saturated rings. The van der Waals surface area contributed by atoms with Crippen molar-refractivity contribution >= 4 is 39.3 Å². The fraction of sp³-hybridized carbons (Fsp3) is 0.471. The molecule has 0 saturated heterocycles. The van der Waals surface area contributed by atoms with Crippen molar-refractivity contribution in [3.63, 3.8) is 0 Å². The second-order valence-electron chi connectivity index (χ2n) is 6.00. The summed E-state index contributed by atoms with van der Waals surface area (Å²) >= 11 is 3.32. The summed E-state index contributed by atoms with van der Waals surface area (Å²) in [4.78, 5) is 35.1. The zero-order chi connectivity index (χ0) is 18.1. The Balaban J connectivity index is 2.32. The van der Waals surface area contributed by atoms with Gasteiger partial charge in [-0.05, 0) is 43.5 Å². The predicted octanol–water partition coefficient (Wildman–Crippen LogP) is 3.08. The van der Waals surface area contributed by atoms with Gasteiger partial charge in [0.25, 0.3) is 0 Å². The zero-order valence-corrected chi connectivity index (χ0v) is 15.8. The number of benzene rings is 1. The number of carbonyl (C=O) groups is 3. The first-order valence-electron chi connectivity index (χ1n) is 7.88. The lowest BCUT2D eigenvalue weighted by molar-refractivity contribution is -0.127. The van der Waals surface area contributed by atoms with E-state index in [0.717, 1.165) is 4.47 Å². The maximum atomic E-state index is 11.9. The van der Waals surface area contributed by atoms with Gasteiger partial charge < -0.3 is 16.0 Å². The maximum absolute atomic E-state index is 11.9. The lowest BCUT2D eigenvalue weighted by atomic mass is 10.0. The van der Waals surface area contributed by atoms with Crippen molar-refractivity contribution in [2.45, 2.75) is 39.7 Å². The monoisotopic (exact) mass is 397 g/mol. The van der Waals surface area contributed by atoms with Crippen molar-refractivity contribution in [1.82, 2.24) is 10.6 Å². The van der Waals surface area contributed by atoms with Crippen LogP contribution in [0.2, 0.25) is 0 Å². The predicted molar refractivity (Wildman–Crippen MR) is 97.8 cm³/mol. The summed E-state index contributed by atoms with van der Waals surface area (Å²) in [6, 6.07) is 6.32. The minimum atomic E-state index is -0.464. The summed E-state index contributed by atoms with van der Waals surface area (Å²) in [5, 5.41) is 8.00. The molecular weight excluding hydrogens is 374 g/mol. The topological polar surface area (TPSA) is 87.3 Å². The quantitative estimate of drug-likeness (QED) is 0.629. The van der Waals surface area contributed by atoms with Crippen molar-refractivity contribution in [1.29, 1.82) is 0 Å². The number of anilines is 1. The highest BCUT2D eigenvalue weighted by Crippen LogP contribution is 2.13. The van der Waals surface area contributed by atoms with Crippen LogP contribution in [0.3, 0.4) is 0 Å². The molecule has 24 heavy (non-hydrogen) atoms. The number of amides is 3. The van der Waals surface area contributed by atoms with Crippen molar-refractivity contribution in [3.8, 4) is 0 Å². The van der Waals surface area contributed by atoms with E-state index in [2.05, 4.69) is 31.9 Å². The fourth-order valence-corrected chi connectivity index (χ4v) is 2.33. The van der Waals surface area contributed by atoms with Crippen LogP contribution in [0, 0.1) is 5.92 Å². The SMILES string of the molecule is CC(=O)[C@H](CC(C)C)NC(=O)CCNC(=O)Nc1ccc(Br)cc1. The van der Waals surface area contributed by atoms with E-state index in [9.17, 15) is 14.4 Å². The number of urea groups is 1. The Hall–Kier alpha value is -1.89. The molecule has 0 unspecified atom stereocenters. The number of hydrogen-bond donors (Lipinski definition) is 3. The van der Waals surface area contributed by atoms with E-state index in [-0.39, 0.29) is 30.7 Å². The van der Waals surface area contributed by atoms with E-state index in [1.807, 2.05) is 26.0 Å². The van der Waals surface area contributed by atoms with Crippen molar-refractivity contribution in [2.24, 2.45) is 5.92 Å². The van der Waals surface area contributed by atoms with Crippen molar-refractivity contribution in [3.05, 3.63) is 28.7 Å². The van der Waals surface area contributed by atoms with Crippen molar-refractivity contribution < 1.29 is 14.4 Å². The summed E-state index contributed by atoms with van der Waals surface area (Å²) in [6.07, 6.45) is 0.730. The van der Waals surface area contributed by atoms with Crippen LogP contribution >= 0.6 is 15.9 Å². The van der Waals surface area contributed by atoms with E-state index in [1.165, 1.54) is 6.92 Å². The van der Waals surface area contributed by atoms with Gasteiger partial charge in [-0.1, -0.05) is 29.8 Å². The number of rotatable bonds is 8. The first-order valence-corrected chi connectivity index (χ1v) is 8.67. The molecule has 1 aromatic carbocycles. The third-order valence-electron chi connectivity index (χ3n) is 3.27. The van der Waals surface area contributed by atoms with Gasteiger partial charge in [0.05, 0.1) is 6.04 Å². The third-order valence-corrected chi connectivity index (χ3v) is 3.80. The molecular formula is C17H24BrN3O3. The molecule has 0 bridgehead atoms. The summed E-state index contributed by atoms with van der Waals surface area (Å²) in [5.41, 5.74) is 0.661. The van der Waals surface area contributed by atoms with E-state index in [0.29, 0.717) is 18.0 Å². The van der Waals surface area contributed by atoms with Gasteiger partial charge in [-0.15, -0.1) is 0 Å². The van der Waals surface area contributed by atoms with Crippen LogP contribution in [-0.4, -0.2) is 30.3 Å². The van der Waals surface area contributed by atoms with Gasteiger partial charge in [0, 0.05) is 23.1 Å². The van der Waals surface area contributed by atoms with E-state index in [4.69, 9.17) is 0 Å². The molecule has 0 saturated carbocycles. The summed E-state index contributed by atoms with van der Waals surface area (Å²) in [6.45, 7) is 5.66. The van der Waals surface area contributed by atoms with Gasteiger partial charge in [0.2, 0.25) is 5.91 Å². The van der Waals surface area contributed by atoms with Crippen molar-refractivity contribution in [2.75, 3.05) is 11.9 Å². The molecule has 0 aromatic heterocycles. The number of carbonyl (C=O) groups excluding carboxylic acids is 3. The second kappa shape index (κ2) is 10.1. The van der Waals surface area contributed by atoms with Crippen LogP contribution in [0.4, 0.5) is 10.5 Å². The van der Waals surface area contributed by atoms with Crippen LogP contribution in [-0.2, 0) is 9.59 Å². The third kappa shape index (κ3) is 8.10. The Labute approximate surface area is 150 Å². The molecule has 3 N–H and O–H groups in total. The molecule has 0 aliphatic heterocycles. The van der Waals surface area contributed by atoms with E-state index in [1.54, 1.807) is 12.1 Å². The number of hydrogen-bond acceptors (Lipinski definition) is 3. The molecule has 6 nitrogen and oxygen atoms in total. The van der Waals surface area contributed by atoms with Crippen LogP contribution in [0.15, 0.2) is 28.7 Å². The molecule has 0 aliphatic rings. The smallest absolute Gasteiger partial charge is 0.319 e. The number of Topliss-reactive ketones (excluding diaryl/α,β-unsaturated/α-hetero) is 1. The number of nitrogens with one attached hydrogen (secondary N) is 3. The standard InChI is InChI=1S/C17H24BrN3O3/c1-11(2)10-15(12(3)22)21-16(23)8-9-19-17(24)20-14-6-4-13(18)5-7-14/h4-7,11,15H,8-10H2,1-3H3,(H,21,23)(H2,19,20,24)/t15-/m0/s1. The number of ketones is 1. The highest BCUT2D eigenvalue weighted by Gasteiger charge is 2.18. The summed E-state index contributed by atoms with van der Waals surface area (Å²) in [5.74, 6) is 0.00629. The summed E-state index contributed by atoms with van der Waals surface area (Å²) in [7, 11) is 0. The van der Waals surface area contributed by atoms with E-state index < -0.39 is 6.04 Å². The van der Waals surface area contributed by atoms with Gasteiger partial charge >= 0.3 is 6.03 Å². The first kappa shape index (κ1) is 20.2. The molecule has 1 aromatic rings. The van der Waals surface area contributed by atoms with E-state index >= 15 is 0 Å². The Kier molecular flexibility index (Phi) is 8.46. The first-order chi connectivity index (χ1) is 11.3. The maximum Gasteiger partial charge on any atom is 0.319 e. The van der Waals surface area contributed by atoms with Gasteiger partial charge in [-0.25, -0.2) is 4.79 Å². The van der Waals surface area contributed by atoms with Crippen LogP contribution in [0.1, 0.15) is 33.6 Å². The normalized spacial score (nSPS) is 11.7. The average Bonchev–Trinajstić information content (AvgIpc) is 2.48. The van der Waals surface area contributed by atoms with Gasteiger partial charge in [-0.2, -0.15) is 0 Å². The second-order valence-corrected chi connectivity index (χ2v) is 6.91. The molecule has 1 atom stereocenters. The Morgan fingerprint density at radius 2 is 1.75 bits per heavy atom. The largest absolute Gasteiger partial charge is 0.346 e. The molecule has 0 spiro atoms. The average molecular weight is 398 g/mol. The minimum absolute atomic E-state index is 0.0574. The van der Waals surface area contributed by atoms with Crippen LogP contribution in [0.25, 0.3) is 0 Å². The Morgan fingerprint density at radius 3 is 2.29 bits per heavy atom. The molecule has 0 radical (unpaired) electrons. The van der Waals surface area contributed by atoms with Crippen LogP contribution < -0.4 is 16.0 Å². The highest BCUT2D eigenvalue weighted by atomic mass is 79.9.